The van der Waals surface area contributed by atoms with Crippen LogP contribution in [0.4, 0.5) is 0 Å². The lowest BCUT2D eigenvalue weighted by atomic mass is 9.46. The number of amides is 1. The van der Waals surface area contributed by atoms with E-state index in [1.54, 1.807) is 45.3 Å². The zero-order chi connectivity index (χ0) is 31.1. The molecule has 42 heavy (non-hydrogen) atoms. The van der Waals surface area contributed by atoms with Crippen molar-refractivity contribution in [2.45, 2.75) is 38.3 Å². The van der Waals surface area contributed by atoms with E-state index in [4.69, 9.17) is 10.5 Å². The molecular formula is C31H32N2O9. The highest BCUT2D eigenvalue weighted by Gasteiger charge is 2.72. The molecule has 2 aromatic carbocycles. The quantitative estimate of drug-likeness (QED) is 0.261. The molecule has 0 radical (unpaired) electrons. The lowest BCUT2D eigenvalue weighted by Gasteiger charge is -2.59. The van der Waals surface area contributed by atoms with Crippen LogP contribution in [0, 0.1) is 10.8 Å². The van der Waals surface area contributed by atoms with Gasteiger partial charge < -0.3 is 30.9 Å². The maximum absolute atomic E-state index is 14.4. The lowest BCUT2D eigenvalue weighted by Crippen LogP contribution is -2.72. The van der Waals surface area contributed by atoms with Gasteiger partial charge in [0, 0.05) is 27.5 Å². The first kappa shape index (κ1) is 29.0. The Labute approximate surface area is 241 Å². The number of phenolic OH excluding ortho intramolecular Hbond substituents is 1. The summed E-state index contributed by atoms with van der Waals surface area (Å²) in [5, 5.41) is 45.9. The third-order valence-corrected chi connectivity index (χ3v) is 9.16. The fraction of sp³-hybridized carbons (Fsp3) is 0.355. The minimum Gasteiger partial charge on any atom is -0.508 e. The molecule has 2 aromatic rings. The van der Waals surface area contributed by atoms with E-state index in [2.05, 4.69) is 0 Å². The summed E-state index contributed by atoms with van der Waals surface area (Å²) in [4.78, 5) is 53.2. The number of ketones is 2. The van der Waals surface area contributed by atoms with Gasteiger partial charge in [-0.2, -0.15) is 0 Å². The van der Waals surface area contributed by atoms with Crippen molar-refractivity contribution in [3.63, 3.8) is 0 Å². The number of fused-ring (bicyclic) bond motifs is 3. The van der Waals surface area contributed by atoms with Gasteiger partial charge in [0.15, 0.2) is 11.4 Å². The molecule has 3 aliphatic carbocycles. The SMILES string of the molecule is COc1ccc(C=O)cc1-c1ccc(O)c2c1C[C@@]1(C)C[C@@]3(C)[C@H](N(C)C)C(=O)C(C(N)=O)=C(O)[C@@]3(O)C(=O)C1=C2O. The van der Waals surface area contributed by atoms with Gasteiger partial charge in [0.2, 0.25) is 5.78 Å². The van der Waals surface area contributed by atoms with Crippen molar-refractivity contribution in [3.8, 4) is 22.6 Å². The maximum atomic E-state index is 14.4. The highest BCUT2D eigenvalue weighted by atomic mass is 16.5. The Morgan fingerprint density at radius 3 is 2.33 bits per heavy atom. The van der Waals surface area contributed by atoms with E-state index in [0.717, 1.165) is 0 Å². The van der Waals surface area contributed by atoms with Gasteiger partial charge in [-0.3, -0.25) is 24.1 Å². The first-order chi connectivity index (χ1) is 19.6. The van der Waals surface area contributed by atoms with Gasteiger partial charge in [-0.15, -0.1) is 0 Å². The first-order valence-corrected chi connectivity index (χ1v) is 13.2. The molecule has 0 saturated heterocycles. The summed E-state index contributed by atoms with van der Waals surface area (Å²) in [6.07, 6.45) is 0.626. The van der Waals surface area contributed by atoms with Crippen molar-refractivity contribution < 1.29 is 44.3 Å². The molecule has 0 spiro atoms. The maximum Gasteiger partial charge on any atom is 0.255 e. The molecule has 0 bridgehead atoms. The monoisotopic (exact) mass is 576 g/mol. The normalized spacial score (nSPS) is 28.8. The second-order valence-electron chi connectivity index (χ2n) is 12.0. The van der Waals surface area contributed by atoms with Gasteiger partial charge in [0.1, 0.15) is 34.9 Å². The summed E-state index contributed by atoms with van der Waals surface area (Å²) in [7, 11) is 4.55. The van der Waals surface area contributed by atoms with Crippen LogP contribution in [0.5, 0.6) is 11.5 Å². The molecule has 6 N–H and O–H groups in total. The number of hydrogen-bond acceptors (Lipinski definition) is 10. The van der Waals surface area contributed by atoms with Crippen LogP contribution in [0.1, 0.15) is 41.8 Å². The van der Waals surface area contributed by atoms with E-state index in [1.807, 2.05) is 0 Å². The summed E-state index contributed by atoms with van der Waals surface area (Å²) in [6, 6.07) is 6.51. The average Bonchev–Trinajstić information content (AvgIpc) is 2.90. The summed E-state index contributed by atoms with van der Waals surface area (Å²) < 4.78 is 5.54. The number of carbonyl (C=O) groups excluding carboxylic acids is 4. The number of rotatable bonds is 5. The molecule has 0 heterocycles. The number of ether oxygens (including phenoxy) is 1. The highest BCUT2D eigenvalue weighted by molar-refractivity contribution is 6.25. The zero-order valence-electron chi connectivity index (χ0n) is 23.8. The van der Waals surface area contributed by atoms with Crippen molar-refractivity contribution >= 4 is 29.5 Å². The van der Waals surface area contributed by atoms with Crippen LogP contribution in [-0.4, -0.2) is 81.9 Å². The number of hydrogen-bond donors (Lipinski definition) is 5. The number of aliphatic hydroxyl groups is 3. The Balaban J connectivity index is 1.84. The number of methoxy groups -OCH3 is 1. The minimum atomic E-state index is -2.80. The number of phenols is 1. The molecule has 1 fully saturated rings. The van der Waals surface area contributed by atoms with Crippen molar-refractivity contribution in [3.05, 3.63) is 63.9 Å². The Bertz CT molecular complexity index is 1670. The second-order valence-corrected chi connectivity index (χ2v) is 12.0. The van der Waals surface area contributed by atoms with Crippen LogP contribution in [0.3, 0.4) is 0 Å². The van der Waals surface area contributed by atoms with E-state index >= 15 is 0 Å². The van der Waals surface area contributed by atoms with Crippen LogP contribution in [-0.2, 0) is 20.8 Å². The number of likely N-dealkylation sites (N-methyl/N-ethyl adjacent to an activating group) is 1. The largest absolute Gasteiger partial charge is 0.508 e. The van der Waals surface area contributed by atoms with E-state index in [0.29, 0.717) is 34.3 Å². The number of aromatic hydroxyl groups is 1. The molecule has 11 heteroatoms. The molecular weight excluding hydrogens is 544 g/mol. The molecule has 1 amide bonds. The smallest absolute Gasteiger partial charge is 0.255 e. The molecule has 220 valence electrons. The third-order valence-electron chi connectivity index (χ3n) is 9.16. The summed E-state index contributed by atoms with van der Waals surface area (Å²) >= 11 is 0. The summed E-state index contributed by atoms with van der Waals surface area (Å²) in [6.45, 7) is 3.18. The number of aldehydes is 1. The van der Waals surface area contributed by atoms with Crippen LogP contribution in [0.15, 0.2) is 47.2 Å². The molecule has 0 aliphatic heterocycles. The molecule has 5 rings (SSSR count). The molecule has 11 nitrogen and oxygen atoms in total. The lowest BCUT2D eigenvalue weighted by molar-refractivity contribution is -0.175. The Hall–Kier alpha value is -4.48. The van der Waals surface area contributed by atoms with Gasteiger partial charge in [-0.1, -0.05) is 19.9 Å². The van der Waals surface area contributed by atoms with Crippen molar-refractivity contribution in [2.75, 3.05) is 21.2 Å². The van der Waals surface area contributed by atoms with Gasteiger partial charge in [-0.05, 0) is 62.3 Å². The predicted molar refractivity (Wildman–Crippen MR) is 151 cm³/mol. The minimum absolute atomic E-state index is 0.0544. The van der Waals surface area contributed by atoms with Crippen LogP contribution in [0.25, 0.3) is 16.9 Å². The third kappa shape index (κ3) is 3.53. The van der Waals surface area contributed by atoms with Gasteiger partial charge in [-0.25, -0.2) is 0 Å². The van der Waals surface area contributed by atoms with E-state index in [-0.39, 0.29) is 29.7 Å². The summed E-state index contributed by atoms with van der Waals surface area (Å²) in [5.41, 5.74) is 0.344. The number of aliphatic hydroxyl groups excluding tert-OH is 2. The van der Waals surface area contributed by atoms with Crippen molar-refractivity contribution in [2.24, 2.45) is 16.6 Å². The van der Waals surface area contributed by atoms with Crippen LogP contribution >= 0.6 is 0 Å². The Morgan fingerprint density at radius 2 is 1.76 bits per heavy atom. The number of primary amides is 1. The van der Waals surface area contributed by atoms with E-state index in [9.17, 15) is 39.6 Å². The predicted octanol–water partition coefficient (Wildman–Crippen LogP) is 2.23. The highest BCUT2D eigenvalue weighted by Crippen LogP contribution is 2.63. The van der Waals surface area contributed by atoms with E-state index < -0.39 is 57.0 Å². The standard InChI is InChI=1S/C31H32N2O9/c1-29-11-17-15(16-10-14(12-34)6-9-19(16)42-5)7-8-18(35)20(17)23(36)22(29)27(39)31(41)26(38)21(28(32)40)24(37)25(33(3)4)30(31,2)13-29/h6-10,12,25,35-36,38,41H,11,13H2,1-5H3,(H2,32,40)/t25-,29+,30+,31-/m1/s1. The number of nitrogens with zero attached hydrogens (tertiary/aromatic N) is 1. The van der Waals surface area contributed by atoms with Gasteiger partial charge in [0.25, 0.3) is 5.91 Å². The van der Waals surface area contributed by atoms with Gasteiger partial charge in [0.05, 0.1) is 18.7 Å². The molecule has 0 unspecified atom stereocenters. The fourth-order valence-corrected chi connectivity index (χ4v) is 7.58. The average molecular weight is 577 g/mol. The van der Waals surface area contributed by atoms with Crippen molar-refractivity contribution in [1.29, 1.82) is 0 Å². The number of benzene rings is 2. The van der Waals surface area contributed by atoms with Crippen LogP contribution < -0.4 is 10.5 Å². The van der Waals surface area contributed by atoms with Crippen molar-refractivity contribution in [1.82, 2.24) is 4.90 Å². The van der Waals surface area contributed by atoms with Crippen LogP contribution in [0.2, 0.25) is 0 Å². The summed E-state index contributed by atoms with van der Waals surface area (Å²) in [5.74, 6) is -4.95. The molecule has 4 atom stereocenters. The molecule has 1 saturated carbocycles. The fourth-order valence-electron chi connectivity index (χ4n) is 7.58. The first-order valence-electron chi connectivity index (χ1n) is 13.2. The Kier molecular flexibility index (Phi) is 6.40. The Morgan fingerprint density at radius 1 is 1.10 bits per heavy atom. The number of Topliss-reactive ketones (excluding diaryl/α,β-unsaturated/α-hetero) is 2. The van der Waals surface area contributed by atoms with E-state index in [1.165, 1.54) is 25.0 Å². The molecule has 3 aliphatic rings. The topological polar surface area (TPSA) is 188 Å². The second kappa shape index (κ2) is 9.27. The zero-order valence-corrected chi connectivity index (χ0v) is 23.8. The number of nitrogens with two attached hydrogens (primary N) is 1. The number of carbonyl (C=O) groups is 4. The van der Waals surface area contributed by atoms with Gasteiger partial charge >= 0.3 is 0 Å². The molecule has 0 aromatic heterocycles.